The lowest BCUT2D eigenvalue weighted by molar-refractivity contribution is -0.128. The third-order valence-corrected chi connectivity index (χ3v) is 5.70. The molecule has 2 aromatic carbocycles. The largest absolute Gasteiger partial charge is 0.497 e. The molecule has 1 fully saturated rings. The van der Waals surface area contributed by atoms with Gasteiger partial charge in [-0.1, -0.05) is 47.7 Å². The fourth-order valence-electron chi connectivity index (χ4n) is 3.07. The van der Waals surface area contributed by atoms with E-state index >= 15 is 0 Å². The van der Waals surface area contributed by atoms with Gasteiger partial charge in [-0.25, -0.2) is 4.68 Å². The maximum atomic E-state index is 12.4. The van der Waals surface area contributed by atoms with Crippen LogP contribution < -0.4 is 4.74 Å². The maximum absolute atomic E-state index is 12.4. The quantitative estimate of drug-likeness (QED) is 0.658. The van der Waals surface area contributed by atoms with Crippen LogP contribution in [-0.2, 0) is 17.9 Å². The number of methoxy groups -OCH3 is 1. The predicted molar refractivity (Wildman–Crippen MR) is 104 cm³/mol. The molecular weight excluding hydrogens is 360 g/mol. The molecule has 0 bridgehead atoms. The van der Waals surface area contributed by atoms with Crippen LogP contribution >= 0.6 is 11.8 Å². The highest BCUT2D eigenvalue weighted by molar-refractivity contribution is 8.00. The zero-order chi connectivity index (χ0) is 18.6. The Balaban J connectivity index is 1.48. The highest BCUT2D eigenvalue weighted by atomic mass is 32.2. The number of aromatic nitrogens is 3. The van der Waals surface area contributed by atoms with E-state index in [-0.39, 0.29) is 11.3 Å². The number of carbonyl (C=O) groups is 1. The molecule has 1 amide bonds. The monoisotopic (exact) mass is 380 g/mol. The van der Waals surface area contributed by atoms with Gasteiger partial charge in [-0.05, 0) is 23.3 Å². The van der Waals surface area contributed by atoms with Crippen molar-refractivity contribution < 1.29 is 9.53 Å². The molecule has 1 saturated heterocycles. The zero-order valence-corrected chi connectivity index (χ0v) is 15.8. The third kappa shape index (κ3) is 3.98. The second-order valence-electron chi connectivity index (χ2n) is 6.36. The molecule has 3 aromatic rings. The van der Waals surface area contributed by atoms with E-state index in [2.05, 4.69) is 10.3 Å². The van der Waals surface area contributed by atoms with Gasteiger partial charge in [-0.3, -0.25) is 4.79 Å². The van der Waals surface area contributed by atoms with Crippen LogP contribution in [0.3, 0.4) is 0 Å². The topological polar surface area (TPSA) is 60.2 Å². The predicted octanol–water partition coefficient (Wildman–Crippen LogP) is 3.11. The van der Waals surface area contributed by atoms with Crippen LogP contribution in [0, 0.1) is 0 Å². The molecule has 1 atom stereocenters. The van der Waals surface area contributed by atoms with E-state index in [1.165, 1.54) is 0 Å². The molecule has 1 aliphatic rings. The Hall–Kier alpha value is -2.80. The summed E-state index contributed by atoms with van der Waals surface area (Å²) >= 11 is 1.60. The Kier molecular flexibility index (Phi) is 5.11. The summed E-state index contributed by atoms with van der Waals surface area (Å²) in [7, 11) is 1.65. The molecule has 1 aromatic heterocycles. The van der Waals surface area contributed by atoms with Gasteiger partial charge in [0.1, 0.15) is 16.8 Å². The summed E-state index contributed by atoms with van der Waals surface area (Å²) in [6.45, 7) is 1.21. The van der Waals surface area contributed by atoms with Crippen LogP contribution in [-0.4, -0.2) is 38.7 Å². The van der Waals surface area contributed by atoms with Gasteiger partial charge in [0.15, 0.2) is 0 Å². The van der Waals surface area contributed by atoms with E-state index in [0.717, 1.165) is 22.6 Å². The summed E-state index contributed by atoms with van der Waals surface area (Å²) in [5.74, 6) is 1.44. The number of benzene rings is 2. The lowest BCUT2D eigenvalue weighted by atomic mass is 10.2. The van der Waals surface area contributed by atoms with E-state index in [4.69, 9.17) is 4.74 Å². The molecule has 0 N–H and O–H groups in total. The summed E-state index contributed by atoms with van der Waals surface area (Å²) in [6.07, 6.45) is 1.93. The molecule has 1 aliphatic heterocycles. The Bertz CT molecular complexity index is 911. The van der Waals surface area contributed by atoms with E-state index in [1.807, 2.05) is 65.7 Å². The standard InChI is InChI=1S/C20H20N4O2S/c1-26-17-9-7-16(8-10-17)11-23-13-18(21-22-23)20-24(19(25)14-27-20)12-15-5-3-2-4-6-15/h2-10,13,20H,11-12,14H2,1H3/t20-/m0/s1. The highest BCUT2D eigenvalue weighted by Crippen LogP contribution is 2.38. The molecule has 2 heterocycles. The van der Waals surface area contributed by atoms with Crippen LogP contribution in [0.25, 0.3) is 0 Å². The van der Waals surface area contributed by atoms with Gasteiger partial charge in [-0.2, -0.15) is 0 Å². The average molecular weight is 380 g/mol. The van der Waals surface area contributed by atoms with Gasteiger partial charge in [0.25, 0.3) is 0 Å². The number of thioether (sulfide) groups is 1. The second-order valence-corrected chi connectivity index (χ2v) is 7.43. The zero-order valence-electron chi connectivity index (χ0n) is 15.0. The molecule has 0 spiro atoms. The van der Waals surface area contributed by atoms with Crippen LogP contribution in [0.4, 0.5) is 0 Å². The van der Waals surface area contributed by atoms with Crippen LogP contribution in [0.2, 0.25) is 0 Å². The van der Waals surface area contributed by atoms with Crippen molar-refractivity contribution in [2.75, 3.05) is 12.9 Å². The number of amides is 1. The molecule has 138 valence electrons. The van der Waals surface area contributed by atoms with E-state index < -0.39 is 0 Å². The fourth-order valence-corrected chi connectivity index (χ4v) is 4.19. The summed E-state index contributed by atoms with van der Waals surface area (Å²) in [5, 5.41) is 8.48. The van der Waals surface area contributed by atoms with Crippen molar-refractivity contribution in [3.8, 4) is 5.75 Å². The van der Waals surface area contributed by atoms with E-state index in [1.54, 1.807) is 23.6 Å². The van der Waals surface area contributed by atoms with E-state index in [0.29, 0.717) is 18.8 Å². The number of ether oxygens (including phenoxy) is 1. The normalized spacial score (nSPS) is 16.7. The SMILES string of the molecule is COc1ccc(Cn2cc([C@@H]3SCC(=O)N3Cc3ccccc3)nn2)cc1. The summed E-state index contributed by atoms with van der Waals surface area (Å²) < 4.78 is 6.99. The Labute approximate surface area is 162 Å². The number of nitrogens with zero attached hydrogens (tertiary/aromatic N) is 4. The minimum Gasteiger partial charge on any atom is -0.497 e. The van der Waals surface area contributed by atoms with Crippen molar-refractivity contribution >= 4 is 17.7 Å². The Morgan fingerprint density at radius 2 is 1.81 bits per heavy atom. The minimum absolute atomic E-state index is 0.0951. The van der Waals surface area contributed by atoms with Crippen molar-refractivity contribution in [2.24, 2.45) is 0 Å². The van der Waals surface area contributed by atoms with Crippen molar-refractivity contribution in [1.29, 1.82) is 0 Å². The maximum Gasteiger partial charge on any atom is 0.234 e. The Morgan fingerprint density at radius 1 is 1.07 bits per heavy atom. The highest BCUT2D eigenvalue weighted by Gasteiger charge is 2.34. The molecule has 27 heavy (non-hydrogen) atoms. The number of hydrogen-bond acceptors (Lipinski definition) is 5. The first-order valence-electron chi connectivity index (χ1n) is 8.71. The Morgan fingerprint density at radius 3 is 2.56 bits per heavy atom. The van der Waals surface area contributed by atoms with Crippen molar-refractivity contribution in [3.63, 3.8) is 0 Å². The molecular formula is C20H20N4O2S. The van der Waals surface area contributed by atoms with Crippen LogP contribution in [0.5, 0.6) is 5.75 Å². The summed E-state index contributed by atoms with van der Waals surface area (Å²) in [4.78, 5) is 14.2. The van der Waals surface area contributed by atoms with Crippen molar-refractivity contribution in [3.05, 3.63) is 77.6 Å². The minimum atomic E-state index is -0.0951. The van der Waals surface area contributed by atoms with Gasteiger partial charge in [0.05, 0.1) is 25.6 Å². The molecule has 0 radical (unpaired) electrons. The average Bonchev–Trinajstić information content (AvgIpc) is 3.30. The number of rotatable bonds is 6. The molecule has 6 nitrogen and oxygen atoms in total. The van der Waals surface area contributed by atoms with Gasteiger partial charge >= 0.3 is 0 Å². The third-order valence-electron chi connectivity index (χ3n) is 4.48. The van der Waals surface area contributed by atoms with E-state index in [9.17, 15) is 4.79 Å². The van der Waals surface area contributed by atoms with Gasteiger partial charge < -0.3 is 9.64 Å². The first-order chi connectivity index (χ1) is 13.2. The first kappa shape index (κ1) is 17.6. The van der Waals surface area contributed by atoms with Crippen molar-refractivity contribution in [1.82, 2.24) is 19.9 Å². The van der Waals surface area contributed by atoms with Gasteiger partial charge in [-0.15, -0.1) is 16.9 Å². The number of hydrogen-bond donors (Lipinski definition) is 0. The molecule has 0 unspecified atom stereocenters. The first-order valence-corrected chi connectivity index (χ1v) is 9.76. The van der Waals surface area contributed by atoms with Crippen LogP contribution in [0.15, 0.2) is 60.8 Å². The van der Waals surface area contributed by atoms with Crippen molar-refractivity contribution in [2.45, 2.75) is 18.5 Å². The number of carbonyl (C=O) groups excluding carboxylic acids is 1. The molecule has 0 saturated carbocycles. The fraction of sp³-hybridized carbons (Fsp3) is 0.250. The van der Waals surface area contributed by atoms with Gasteiger partial charge in [0.2, 0.25) is 5.91 Å². The molecule has 7 heteroatoms. The lowest BCUT2D eigenvalue weighted by Gasteiger charge is -2.22. The van der Waals surface area contributed by atoms with Crippen LogP contribution in [0.1, 0.15) is 22.2 Å². The molecule has 0 aliphatic carbocycles. The lowest BCUT2D eigenvalue weighted by Crippen LogP contribution is -2.27. The summed E-state index contributed by atoms with van der Waals surface area (Å²) in [6, 6.07) is 17.9. The second kappa shape index (κ2) is 7.84. The summed E-state index contributed by atoms with van der Waals surface area (Å²) in [5.41, 5.74) is 3.04. The smallest absolute Gasteiger partial charge is 0.234 e. The van der Waals surface area contributed by atoms with Gasteiger partial charge in [0, 0.05) is 6.54 Å². The molecule has 4 rings (SSSR count).